The minimum atomic E-state index is -0.00671. The molecule has 66 valence electrons. The number of rotatable bonds is 1. The predicted molar refractivity (Wildman–Crippen MR) is 53.5 cm³/mol. The zero-order valence-electron chi connectivity index (χ0n) is 7.07. The van der Waals surface area contributed by atoms with Crippen LogP contribution in [-0.2, 0) is 0 Å². The Kier molecular flexibility index (Phi) is 1.81. The molecule has 1 aromatic carbocycles. The molecule has 2 aromatic rings. The minimum absolute atomic E-state index is 0.00671. The molecule has 2 nitrogen and oxygen atoms in total. The van der Waals surface area contributed by atoms with Crippen LogP contribution in [0.25, 0.3) is 10.1 Å². The molecule has 0 aliphatic carbocycles. The summed E-state index contributed by atoms with van der Waals surface area (Å²) in [5, 5.41) is 12.0. The number of hydrogen-bond acceptors (Lipinski definition) is 3. The van der Waals surface area contributed by atoms with E-state index < -0.39 is 0 Å². The molecule has 0 amide bonds. The third kappa shape index (κ3) is 1.21. The fourth-order valence-electron chi connectivity index (χ4n) is 1.33. The maximum absolute atomic E-state index is 11.2. The lowest BCUT2D eigenvalue weighted by Gasteiger charge is -1.96. The van der Waals surface area contributed by atoms with Crippen molar-refractivity contribution in [3.05, 3.63) is 29.1 Å². The van der Waals surface area contributed by atoms with Crippen LogP contribution in [-0.4, -0.2) is 10.9 Å². The van der Waals surface area contributed by atoms with Crippen LogP contribution in [0.5, 0.6) is 5.75 Å². The van der Waals surface area contributed by atoms with E-state index in [9.17, 15) is 9.90 Å². The van der Waals surface area contributed by atoms with E-state index in [0.29, 0.717) is 10.9 Å². The quantitative estimate of drug-likeness (QED) is 0.705. The number of carbonyl (C=O) groups is 1. The summed E-state index contributed by atoms with van der Waals surface area (Å²) in [4.78, 5) is 11.2. The van der Waals surface area contributed by atoms with E-state index in [4.69, 9.17) is 0 Å². The number of fused-ring (bicyclic) bond motifs is 1. The van der Waals surface area contributed by atoms with Crippen molar-refractivity contribution in [1.82, 2.24) is 0 Å². The summed E-state index contributed by atoms with van der Waals surface area (Å²) in [7, 11) is 0. The smallest absolute Gasteiger partial charge is 0.161 e. The first-order valence-electron chi connectivity index (χ1n) is 3.90. The molecule has 0 saturated carbocycles. The molecule has 1 aromatic heterocycles. The van der Waals surface area contributed by atoms with Crippen LogP contribution < -0.4 is 0 Å². The van der Waals surface area contributed by atoms with Crippen LogP contribution in [0.2, 0.25) is 0 Å². The van der Waals surface area contributed by atoms with E-state index in [0.717, 1.165) is 4.70 Å². The fourth-order valence-corrected chi connectivity index (χ4v) is 2.35. The van der Waals surface area contributed by atoms with Crippen molar-refractivity contribution in [3.63, 3.8) is 0 Å². The second-order valence-corrected chi connectivity index (χ2v) is 3.77. The molecule has 0 aliphatic rings. The largest absolute Gasteiger partial charge is 0.507 e. The molecule has 0 saturated heterocycles. The molecule has 0 radical (unpaired) electrons. The van der Waals surface area contributed by atoms with Gasteiger partial charge in [0.1, 0.15) is 5.75 Å². The molecule has 0 aliphatic heterocycles. The van der Waals surface area contributed by atoms with E-state index in [2.05, 4.69) is 0 Å². The first kappa shape index (κ1) is 8.26. The Balaban J connectivity index is 2.86. The van der Waals surface area contributed by atoms with Crippen molar-refractivity contribution in [1.29, 1.82) is 0 Å². The average Bonchev–Trinajstić information content (AvgIpc) is 2.49. The number of ketones is 1. The van der Waals surface area contributed by atoms with Gasteiger partial charge in [-0.1, -0.05) is 6.07 Å². The predicted octanol–water partition coefficient (Wildman–Crippen LogP) is 2.81. The van der Waals surface area contributed by atoms with Crippen molar-refractivity contribution >= 4 is 27.2 Å². The van der Waals surface area contributed by atoms with E-state index in [1.54, 1.807) is 17.5 Å². The topological polar surface area (TPSA) is 37.3 Å². The molecule has 13 heavy (non-hydrogen) atoms. The van der Waals surface area contributed by atoms with Crippen molar-refractivity contribution in [2.45, 2.75) is 6.92 Å². The molecule has 0 unspecified atom stereocenters. The van der Waals surface area contributed by atoms with Crippen LogP contribution in [0.15, 0.2) is 23.6 Å². The first-order valence-corrected chi connectivity index (χ1v) is 4.78. The zero-order valence-corrected chi connectivity index (χ0v) is 7.89. The maximum Gasteiger partial charge on any atom is 0.161 e. The minimum Gasteiger partial charge on any atom is -0.507 e. The highest BCUT2D eigenvalue weighted by Gasteiger charge is 2.10. The third-order valence-corrected chi connectivity index (χ3v) is 2.90. The van der Waals surface area contributed by atoms with E-state index in [1.807, 2.05) is 6.07 Å². The number of aromatic hydroxyl groups is 1. The Bertz CT molecular complexity index is 471. The summed E-state index contributed by atoms with van der Waals surface area (Å²) in [5.41, 5.74) is 0.609. The standard InChI is InChI=1S/C10H8O2S/c1-6(11)7-5-13-9-4-2-3-8(12)10(7)9/h2-5,12H,1H3. The van der Waals surface area contributed by atoms with E-state index >= 15 is 0 Å². The highest BCUT2D eigenvalue weighted by atomic mass is 32.1. The number of Topliss-reactive ketones (excluding diaryl/α,β-unsaturated/α-hetero) is 1. The summed E-state index contributed by atoms with van der Waals surface area (Å²) in [5.74, 6) is 0.178. The van der Waals surface area contributed by atoms with Crippen molar-refractivity contribution in [3.8, 4) is 5.75 Å². The van der Waals surface area contributed by atoms with Gasteiger partial charge >= 0.3 is 0 Å². The number of carbonyl (C=O) groups excluding carboxylic acids is 1. The molecule has 3 heteroatoms. The Hall–Kier alpha value is -1.35. The summed E-state index contributed by atoms with van der Waals surface area (Å²) in [6.07, 6.45) is 0. The first-order chi connectivity index (χ1) is 6.20. The van der Waals surface area contributed by atoms with Gasteiger partial charge in [-0.05, 0) is 19.1 Å². The Morgan fingerprint density at radius 2 is 2.23 bits per heavy atom. The lowest BCUT2D eigenvalue weighted by atomic mass is 10.1. The molecule has 2 rings (SSSR count). The lowest BCUT2D eigenvalue weighted by molar-refractivity contribution is 0.101. The van der Waals surface area contributed by atoms with E-state index in [-0.39, 0.29) is 11.5 Å². The fraction of sp³-hybridized carbons (Fsp3) is 0.100. The molecule has 1 N–H and O–H groups in total. The summed E-state index contributed by atoms with van der Waals surface area (Å²) in [6, 6.07) is 5.27. The highest BCUT2D eigenvalue weighted by molar-refractivity contribution is 7.17. The van der Waals surface area contributed by atoms with Crippen LogP contribution in [0, 0.1) is 0 Å². The summed E-state index contributed by atoms with van der Waals surface area (Å²) in [6.45, 7) is 1.51. The number of phenolic OH excluding ortho intramolecular Hbond substituents is 1. The summed E-state index contributed by atoms with van der Waals surface area (Å²) < 4.78 is 0.949. The Labute approximate surface area is 79.4 Å². The molecule has 0 fully saturated rings. The SMILES string of the molecule is CC(=O)c1csc2cccc(O)c12. The van der Waals surface area contributed by atoms with Crippen LogP contribution >= 0.6 is 11.3 Å². The van der Waals surface area contributed by atoms with Crippen molar-refractivity contribution < 1.29 is 9.90 Å². The van der Waals surface area contributed by atoms with Gasteiger partial charge in [0.15, 0.2) is 5.78 Å². The van der Waals surface area contributed by atoms with Crippen LogP contribution in [0.3, 0.4) is 0 Å². The summed E-state index contributed by atoms with van der Waals surface area (Å²) >= 11 is 1.48. The number of benzene rings is 1. The lowest BCUT2D eigenvalue weighted by Crippen LogP contribution is -1.88. The molecule has 0 spiro atoms. The molecular weight excluding hydrogens is 184 g/mol. The van der Waals surface area contributed by atoms with E-state index in [1.165, 1.54) is 18.3 Å². The Morgan fingerprint density at radius 1 is 1.46 bits per heavy atom. The Morgan fingerprint density at radius 3 is 2.92 bits per heavy atom. The molecule has 0 atom stereocenters. The van der Waals surface area contributed by atoms with Gasteiger partial charge < -0.3 is 5.11 Å². The normalized spacial score (nSPS) is 10.5. The van der Waals surface area contributed by atoms with Crippen molar-refractivity contribution in [2.24, 2.45) is 0 Å². The maximum atomic E-state index is 11.2. The number of hydrogen-bond donors (Lipinski definition) is 1. The molecular formula is C10H8O2S. The highest BCUT2D eigenvalue weighted by Crippen LogP contribution is 2.32. The van der Waals surface area contributed by atoms with Gasteiger partial charge in [0.05, 0.1) is 0 Å². The second-order valence-electron chi connectivity index (χ2n) is 2.86. The van der Waals surface area contributed by atoms with Gasteiger partial charge in [-0.25, -0.2) is 0 Å². The number of phenols is 1. The monoisotopic (exact) mass is 192 g/mol. The molecule has 0 bridgehead atoms. The van der Waals surface area contributed by atoms with Gasteiger partial charge in [0.2, 0.25) is 0 Å². The average molecular weight is 192 g/mol. The second kappa shape index (κ2) is 2.85. The van der Waals surface area contributed by atoms with Crippen molar-refractivity contribution in [2.75, 3.05) is 0 Å². The van der Waals surface area contributed by atoms with Gasteiger partial charge in [0, 0.05) is 21.0 Å². The van der Waals surface area contributed by atoms with Gasteiger partial charge in [-0.2, -0.15) is 0 Å². The number of thiophene rings is 1. The van der Waals surface area contributed by atoms with Gasteiger partial charge in [-0.15, -0.1) is 11.3 Å². The third-order valence-electron chi connectivity index (χ3n) is 1.96. The van der Waals surface area contributed by atoms with Crippen LogP contribution in [0.4, 0.5) is 0 Å². The zero-order chi connectivity index (χ0) is 9.42. The van der Waals surface area contributed by atoms with Gasteiger partial charge in [-0.3, -0.25) is 4.79 Å². The van der Waals surface area contributed by atoms with Crippen LogP contribution in [0.1, 0.15) is 17.3 Å². The molecule has 1 heterocycles. The van der Waals surface area contributed by atoms with Gasteiger partial charge in [0.25, 0.3) is 0 Å².